The summed E-state index contributed by atoms with van der Waals surface area (Å²) >= 11 is 11.9. The molecule has 2 rings (SSSR count). The van der Waals surface area contributed by atoms with Crippen LogP contribution in [0.2, 0.25) is 0 Å². The Balaban J connectivity index is 2.20. The van der Waals surface area contributed by atoms with Crippen molar-refractivity contribution in [2.75, 3.05) is 12.5 Å². The summed E-state index contributed by atoms with van der Waals surface area (Å²) in [6.07, 6.45) is -0.134. The molecule has 1 aromatic carbocycles. The Morgan fingerprint density at radius 2 is 2.07 bits per heavy atom. The van der Waals surface area contributed by atoms with Gasteiger partial charge in [0.05, 0.1) is 18.6 Å². The molecule has 1 heterocycles. The number of hydrogen-bond acceptors (Lipinski definition) is 2. The SMILES string of the molecule is Cc1ccc([C@]2(Cl)OC[C@@H](CCl)O2)cc1. The molecule has 1 aliphatic rings. The molecule has 1 saturated heterocycles. The molecular weight excluding hydrogens is 235 g/mol. The summed E-state index contributed by atoms with van der Waals surface area (Å²) in [5, 5.41) is -1.16. The Hall–Kier alpha value is -0.280. The van der Waals surface area contributed by atoms with Gasteiger partial charge in [-0.2, -0.15) is 0 Å². The van der Waals surface area contributed by atoms with E-state index in [1.807, 2.05) is 31.2 Å². The van der Waals surface area contributed by atoms with E-state index in [4.69, 9.17) is 32.7 Å². The first-order valence-corrected chi connectivity index (χ1v) is 5.69. The molecule has 0 radical (unpaired) electrons. The third-order valence-electron chi connectivity index (χ3n) is 2.34. The maximum atomic E-state index is 6.22. The smallest absolute Gasteiger partial charge is 0.276 e. The molecule has 1 fully saturated rings. The number of halogens is 2. The highest BCUT2D eigenvalue weighted by molar-refractivity contribution is 6.22. The quantitative estimate of drug-likeness (QED) is 0.748. The lowest BCUT2D eigenvalue weighted by molar-refractivity contribution is -0.101. The third kappa shape index (κ3) is 2.28. The molecule has 4 heteroatoms. The number of hydrogen-bond donors (Lipinski definition) is 0. The van der Waals surface area contributed by atoms with Crippen LogP contribution >= 0.6 is 23.2 Å². The van der Waals surface area contributed by atoms with Gasteiger partial charge in [0, 0.05) is 5.56 Å². The van der Waals surface area contributed by atoms with Gasteiger partial charge >= 0.3 is 0 Å². The lowest BCUT2D eigenvalue weighted by Crippen LogP contribution is -2.21. The topological polar surface area (TPSA) is 18.5 Å². The second-order valence-corrected chi connectivity index (χ2v) is 4.41. The summed E-state index contributed by atoms with van der Waals surface area (Å²) in [5.74, 6) is 0.389. The van der Waals surface area contributed by atoms with Crippen LogP contribution < -0.4 is 0 Å². The van der Waals surface area contributed by atoms with Gasteiger partial charge in [-0.15, -0.1) is 11.6 Å². The van der Waals surface area contributed by atoms with Crippen molar-refractivity contribution in [2.45, 2.75) is 18.3 Å². The molecule has 0 saturated carbocycles. The Morgan fingerprint density at radius 3 is 2.60 bits per heavy atom. The second-order valence-electron chi connectivity index (χ2n) is 3.61. The first-order chi connectivity index (χ1) is 7.14. The molecule has 0 aromatic heterocycles. The Bertz CT molecular complexity index is 339. The van der Waals surface area contributed by atoms with Gasteiger partial charge in [-0.3, -0.25) is 0 Å². The van der Waals surface area contributed by atoms with Gasteiger partial charge in [-0.05, 0) is 6.92 Å². The van der Waals surface area contributed by atoms with E-state index in [2.05, 4.69) is 0 Å². The molecule has 0 spiro atoms. The number of alkyl halides is 2. The van der Waals surface area contributed by atoms with Gasteiger partial charge in [0.25, 0.3) is 5.25 Å². The van der Waals surface area contributed by atoms with E-state index < -0.39 is 5.25 Å². The first-order valence-electron chi connectivity index (χ1n) is 4.78. The van der Waals surface area contributed by atoms with Gasteiger partial charge in [0.15, 0.2) is 0 Å². The summed E-state index contributed by atoms with van der Waals surface area (Å²) in [6, 6.07) is 7.75. The third-order valence-corrected chi connectivity index (χ3v) is 3.10. The van der Waals surface area contributed by atoms with Crippen molar-refractivity contribution in [3.05, 3.63) is 35.4 Å². The summed E-state index contributed by atoms with van der Waals surface area (Å²) in [5.41, 5.74) is 1.98. The molecule has 82 valence electrons. The molecule has 2 nitrogen and oxygen atoms in total. The number of aryl methyl sites for hydroxylation is 1. The zero-order valence-corrected chi connectivity index (χ0v) is 9.89. The summed E-state index contributed by atoms with van der Waals surface area (Å²) in [4.78, 5) is 0. The molecule has 0 unspecified atom stereocenters. The number of ether oxygens (including phenoxy) is 2. The van der Waals surface area contributed by atoms with Crippen molar-refractivity contribution in [3.8, 4) is 0 Å². The van der Waals surface area contributed by atoms with Crippen molar-refractivity contribution < 1.29 is 9.47 Å². The maximum absolute atomic E-state index is 6.22. The molecule has 0 N–H and O–H groups in total. The standard InChI is InChI=1S/C11H12Cl2O2/c1-8-2-4-9(5-3-8)11(13)14-7-10(6-12)15-11/h2-5,10H,6-7H2,1H3/t10-,11+/m1/s1. The summed E-state index contributed by atoms with van der Waals surface area (Å²) in [7, 11) is 0. The highest BCUT2D eigenvalue weighted by atomic mass is 35.5. The van der Waals surface area contributed by atoms with E-state index in [0.717, 1.165) is 5.56 Å². The molecular formula is C11H12Cl2O2. The summed E-state index contributed by atoms with van der Waals surface area (Å²) < 4.78 is 11.0. The molecule has 15 heavy (non-hydrogen) atoms. The average molecular weight is 247 g/mol. The molecule has 0 aliphatic carbocycles. The highest BCUT2D eigenvalue weighted by Crippen LogP contribution is 2.38. The fourth-order valence-corrected chi connectivity index (χ4v) is 1.93. The molecule has 1 aromatic rings. The van der Waals surface area contributed by atoms with Gasteiger partial charge in [-0.1, -0.05) is 41.4 Å². The van der Waals surface area contributed by atoms with E-state index >= 15 is 0 Å². The fourth-order valence-electron chi connectivity index (χ4n) is 1.46. The van der Waals surface area contributed by atoms with Gasteiger partial charge in [0.1, 0.15) is 0 Å². The van der Waals surface area contributed by atoms with Crippen molar-refractivity contribution in [1.29, 1.82) is 0 Å². The predicted octanol–water partition coefficient (Wildman–Crippen LogP) is 3.00. The van der Waals surface area contributed by atoms with Crippen molar-refractivity contribution >= 4 is 23.2 Å². The Morgan fingerprint density at radius 1 is 1.40 bits per heavy atom. The van der Waals surface area contributed by atoms with Crippen LogP contribution in [0.4, 0.5) is 0 Å². The van der Waals surface area contributed by atoms with Gasteiger partial charge < -0.3 is 9.47 Å². The Labute approximate surface area is 99.1 Å². The zero-order chi connectivity index (χ0) is 10.9. The highest BCUT2D eigenvalue weighted by Gasteiger charge is 2.41. The van der Waals surface area contributed by atoms with Crippen LogP contribution in [-0.4, -0.2) is 18.6 Å². The van der Waals surface area contributed by atoms with Gasteiger partial charge in [-0.25, -0.2) is 0 Å². The minimum atomic E-state index is -1.16. The van der Waals surface area contributed by atoms with Crippen LogP contribution in [0.25, 0.3) is 0 Å². The number of rotatable bonds is 2. The minimum Gasteiger partial charge on any atom is -0.331 e. The Kier molecular flexibility index (Phi) is 3.21. The van der Waals surface area contributed by atoms with E-state index in [-0.39, 0.29) is 6.10 Å². The van der Waals surface area contributed by atoms with Crippen LogP contribution in [0, 0.1) is 6.92 Å². The lowest BCUT2D eigenvalue weighted by Gasteiger charge is -2.20. The average Bonchev–Trinajstić information content (AvgIpc) is 2.62. The van der Waals surface area contributed by atoms with Crippen molar-refractivity contribution in [1.82, 2.24) is 0 Å². The molecule has 0 amide bonds. The summed E-state index contributed by atoms with van der Waals surface area (Å²) in [6.45, 7) is 2.45. The molecule has 0 bridgehead atoms. The van der Waals surface area contributed by atoms with Crippen LogP contribution in [0.15, 0.2) is 24.3 Å². The van der Waals surface area contributed by atoms with E-state index in [1.54, 1.807) is 0 Å². The minimum absolute atomic E-state index is 0.134. The zero-order valence-electron chi connectivity index (χ0n) is 8.37. The van der Waals surface area contributed by atoms with Crippen LogP contribution in [0.3, 0.4) is 0 Å². The molecule has 2 atom stereocenters. The van der Waals surface area contributed by atoms with Crippen LogP contribution in [0.1, 0.15) is 11.1 Å². The normalized spacial score (nSPS) is 30.7. The lowest BCUT2D eigenvalue weighted by atomic mass is 10.1. The second kappa shape index (κ2) is 4.30. The monoisotopic (exact) mass is 246 g/mol. The van der Waals surface area contributed by atoms with E-state index in [0.29, 0.717) is 12.5 Å². The van der Waals surface area contributed by atoms with E-state index in [9.17, 15) is 0 Å². The molecule has 1 aliphatic heterocycles. The van der Waals surface area contributed by atoms with Crippen molar-refractivity contribution in [3.63, 3.8) is 0 Å². The predicted molar refractivity (Wildman–Crippen MR) is 60.3 cm³/mol. The maximum Gasteiger partial charge on any atom is 0.276 e. The first kappa shape index (κ1) is 11.2. The van der Waals surface area contributed by atoms with Gasteiger partial charge in [0.2, 0.25) is 0 Å². The number of benzene rings is 1. The van der Waals surface area contributed by atoms with Crippen LogP contribution in [-0.2, 0) is 14.7 Å². The fraction of sp³-hybridized carbons (Fsp3) is 0.455. The van der Waals surface area contributed by atoms with Crippen LogP contribution in [0.5, 0.6) is 0 Å². The van der Waals surface area contributed by atoms with Crippen molar-refractivity contribution in [2.24, 2.45) is 0 Å². The largest absolute Gasteiger partial charge is 0.331 e. The van der Waals surface area contributed by atoms with E-state index in [1.165, 1.54) is 5.56 Å².